The number of aliphatic hydroxyl groups excluding tert-OH is 1. The van der Waals surface area contributed by atoms with Crippen LogP contribution >= 0.6 is 0 Å². The van der Waals surface area contributed by atoms with E-state index in [1.54, 1.807) is 12.4 Å². The fourth-order valence-corrected chi connectivity index (χ4v) is 3.12. The molecule has 1 aliphatic rings. The van der Waals surface area contributed by atoms with Crippen molar-refractivity contribution in [3.05, 3.63) is 36.4 Å². The molecule has 8 nitrogen and oxygen atoms in total. The van der Waals surface area contributed by atoms with Gasteiger partial charge in [-0.3, -0.25) is 0 Å². The molecule has 1 fully saturated rings. The van der Waals surface area contributed by atoms with E-state index in [0.717, 1.165) is 31.0 Å². The quantitative estimate of drug-likeness (QED) is 0.759. The smallest absolute Gasteiger partial charge is 0.300 e. The molecule has 4 rings (SSSR count). The van der Waals surface area contributed by atoms with Gasteiger partial charge in [-0.05, 0) is 25.1 Å². The van der Waals surface area contributed by atoms with Gasteiger partial charge in [0.1, 0.15) is 17.2 Å². The summed E-state index contributed by atoms with van der Waals surface area (Å²) in [7, 11) is 0. The molecule has 0 amide bonds. The first-order valence-electron chi connectivity index (χ1n) is 8.40. The molecule has 0 aliphatic carbocycles. The molecule has 0 unspecified atom stereocenters. The zero-order valence-electron chi connectivity index (χ0n) is 14.0. The van der Waals surface area contributed by atoms with Gasteiger partial charge in [0.2, 0.25) is 5.71 Å². The van der Waals surface area contributed by atoms with Gasteiger partial charge in [-0.2, -0.15) is 4.98 Å². The number of nitrogens with zero attached hydrogens (tertiary/aromatic N) is 6. The predicted molar refractivity (Wildman–Crippen MR) is 93.6 cm³/mol. The molecule has 130 valence electrons. The first kappa shape index (κ1) is 15.8. The topological polar surface area (TPSA) is 91.4 Å². The summed E-state index contributed by atoms with van der Waals surface area (Å²) in [4.78, 5) is 21.9. The average molecular weight is 340 g/mol. The van der Waals surface area contributed by atoms with E-state index in [1.807, 2.05) is 18.2 Å². The highest BCUT2D eigenvalue weighted by Crippen LogP contribution is 2.25. The maximum absolute atomic E-state index is 9.06. The Balaban J connectivity index is 1.51. The summed E-state index contributed by atoms with van der Waals surface area (Å²) in [5.74, 6) is 1.56. The Labute approximate surface area is 145 Å². The normalized spacial score (nSPS) is 18.1. The zero-order chi connectivity index (χ0) is 17.2. The van der Waals surface area contributed by atoms with E-state index in [2.05, 4.69) is 36.7 Å². The molecule has 1 atom stereocenters. The molecule has 1 saturated heterocycles. The largest absolute Gasteiger partial charge is 0.404 e. The molecule has 3 aromatic rings. The Morgan fingerprint density at radius 1 is 1.20 bits per heavy atom. The maximum atomic E-state index is 9.06. The SMILES string of the molecule is C[C@H]1CN(c2ccnc(CCO)n2)CCN1c1nc2cccnc2o1. The second-order valence-electron chi connectivity index (χ2n) is 6.12. The van der Waals surface area contributed by atoms with E-state index in [1.165, 1.54) is 0 Å². The Hall–Kier alpha value is -2.74. The van der Waals surface area contributed by atoms with Crippen LogP contribution in [0.1, 0.15) is 12.7 Å². The Morgan fingerprint density at radius 3 is 2.92 bits per heavy atom. The lowest BCUT2D eigenvalue weighted by molar-refractivity contribution is 0.296. The van der Waals surface area contributed by atoms with Crippen molar-refractivity contribution in [3.63, 3.8) is 0 Å². The van der Waals surface area contributed by atoms with Gasteiger partial charge in [-0.25, -0.2) is 15.0 Å². The number of anilines is 2. The molecule has 1 aliphatic heterocycles. The minimum absolute atomic E-state index is 0.0550. The number of aromatic nitrogens is 4. The summed E-state index contributed by atoms with van der Waals surface area (Å²) in [6, 6.07) is 6.50. The van der Waals surface area contributed by atoms with Gasteiger partial charge < -0.3 is 19.3 Å². The number of piperazine rings is 1. The van der Waals surface area contributed by atoms with Gasteiger partial charge in [0.25, 0.3) is 6.01 Å². The van der Waals surface area contributed by atoms with Crippen molar-refractivity contribution in [1.29, 1.82) is 0 Å². The van der Waals surface area contributed by atoms with Crippen molar-refractivity contribution in [3.8, 4) is 0 Å². The monoisotopic (exact) mass is 340 g/mol. The third-order valence-corrected chi connectivity index (χ3v) is 4.38. The second kappa shape index (κ2) is 6.64. The lowest BCUT2D eigenvalue weighted by Crippen LogP contribution is -2.52. The molecule has 1 N–H and O–H groups in total. The number of oxazole rings is 1. The minimum Gasteiger partial charge on any atom is -0.404 e. The Morgan fingerprint density at radius 2 is 2.12 bits per heavy atom. The molecular formula is C17H20N6O2. The van der Waals surface area contributed by atoms with E-state index >= 15 is 0 Å². The molecule has 0 radical (unpaired) electrons. The van der Waals surface area contributed by atoms with Crippen LogP contribution in [0.3, 0.4) is 0 Å². The molecule has 25 heavy (non-hydrogen) atoms. The van der Waals surface area contributed by atoms with Gasteiger partial charge in [0, 0.05) is 44.5 Å². The van der Waals surface area contributed by atoms with Crippen molar-refractivity contribution in [1.82, 2.24) is 19.9 Å². The number of hydrogen-bond donors (Lipinski definition) is 1. The molecular weight excluding hydrogens is 320 g/mol. The standard InChI is InChI=1S/C17H20N6O2/c1-12-11-22(15-4-7-18-14(21-15)5-10-24)8-9-23(12)17-20-13-3-2-6-19-16(13)25-17/h2-4,6-7,12,24H,5,8-11H2,1H3/t12-/m0/s1. The van der Waals surface area contributed by atoms with E-state index in [0.29, 0.717) is 24.0 Å². The molecule has 0 bridgehead atoms. The summed E-state index contributed by atoms with van der Waals surface area (Å²) in [6.45, 7) is 4.60. The molecule has 0 spiro atoms. The fourth-order valence-electron chi connectivity index (χ4n) is 3.12. The van der Waals surface area contributed by atoms with Crippen LogP contribution < -0.4 is 9.80 Å². The van der Waals surface area contributed by atoms with Crippen molar-refractivity contribution >= 4 is 23.1 Å². The third-order valence-electron chi connectivity index (χ3n) is 4.38. The number of aliphatic hydroxyl groups is 1. The second-order valence-corrected chi connectivity index (χ2v) is 6.12. The van der Waals surface area contributed by atoms with Crippen LogP contribution in [0.15, 0.2) is 35.0 Å². The summed E-state index contributed by atoms with van der Waals surface area (Å²) in [5, 5.41) is 9.06. The van der Waals surface area contributed by atoms with E-state index in [-0.39, 0.29) is 12.6 Å². The molecule has 0 aromatic carbocycles. The summed E-state index contributed by atoms with van der Waals surface area (Å²) in [5.41, 5.74) is 1.34. The minimum atomic E-state index is 0.0550. The first-order chi connectivity index (χ1) is 12.2. The lowest BCUT2D eigenvalue weighted by atomic mass is 10.2. The number of hydrogen-bond acceptors (Lipinski definition) is 8. The van der Waals surface area contributed by atoms with Gasteiger partial charge in [-0.1, -0.05) is 0 Å². The number of rotatable bonds is 4. The van der Waals surface area contributed by atoms with Gasteiger partial charge in [0.15, 0.2) is 0 Å². The summed E-state index contributed by atoms with van der Waals surface area (Å²) in [6.07, 6.45) is 3.92. The van der Waals surface area contributed by atoms with Crippen molar-refractivity contribution in [2.75, 3.05) is 36.0 Å². The summed E-state index contributed by atoms with van der Waals surface area (Å²) >= 11 is 0. The number of fused-ring (bicyclic) bond motifs is 1. The highest BCUT2D eigenvalue weighted by atomic mass is 16.4. The van der Waals surface area contributed by atoms with Crippen LogP contribution in [0, 0.1) is 0 Å². The third kappa shape index (κ3) is 3.12. The van der Waals surface area contributed by atoms with Gasteiger partial charge in [0.05, 0.1) is 6.61 Å². The zero-order valence-corrected chi connectivity index (χ0v) is 14.0. The predicted octanol–water partition coefficient (Wildman–Crippen LogP) is 1.26. The first-order valence-corrected chi connectivity index (χ1v) is 8.40. The summed E-state index contributed by atoms with van der Waals surface area (Å²) < 4.78 is 5.80. The lowest BCUT2D eigenvalue weighted by Gasteiger charge is -2.39. The van der Waals surface area contributed by atoms with Crippen LogP contribution in [-0.4, -0.2) is 57.3 Å². The van der Waals surface area contributed by atoms with Crippen molar-refractivity contribution in [2.24, 2.45) is 0 Å². The maximum Gasteiger partial charge on any atom is 0.300 e. The fraction of sp³-hybridized carbons (Fsp3) is 0.412. The van der Waals surface area contributed by atoms with E-state index in [4.69, 9.17) is 9.52 Å². The Kier molecular flexibility index (Phi) is 4.19. The van der Waals surface area contributed by atoms with E-state index < -0.39 is 0 Å². The van der Waals surface area contributed by atoms with Gasteiger partial charge in [-0.15, -0.1) is 0 Å². The molecule has 3 aromatic heterocycles. The van der Waals surface area contributed by atoms with Crippen LogP contribution in [0.5, 0.6) is 0 Å². The van der Waals surface area contributed by atoms with Crippen molar-refractivity contribution in [2.45, 2.75) is 19.4 Å². The van der Waals surface area contributed by atoms with E-state index in [9.17, 15) is 0 Å². The average Bonchev–Trinajstić information content (AvgIpc) is 3.06. The highest BCUT2D eigenvalue weighted by molar-refractivity contribution is 5.70. The highest BCUT2D eigenvalue weighted by Gasteiger charge is 2.28. The number of pyridine rings is 1. The van der Waals surface area contributed by atoms with Gasteiger partial charge >= 0.3 is 0 Å². The molecule has 0 saturated carbocycles. The Bertz CT molecular complexity index is 834. The molecule has 4 heterocycles. The van der Waals surface area contributed by atoms with Crippen LogP contribution in [0.25, 0.3) is 11.2 Å². The van der Waals surface area contributed by atoms with Crippen LogP contribution in [0.4, 0.5) is 11.8 Å². The van der Waals surface area contributed by atoms with Crippen molar-refractivity contribution < 1.29 is 9.52 Å². The molecule has 8 heteroatoms. The van der Waals surface area contributed by atoms with Crippen LogP contribution in [0.2, 0.25) is 0 Å². The van der Waals surface area contributed by atoms with Crippen LogP contribution in [-0.2, 0) is 6.42 Å².